The zero-order valence-corrected chi connectivity index (χ0v) is 5.60. The molecule has 0 aromatic carbocycles. The van der Waals surface area contributed by atoms with Gasteiger partial charge >= 0.3 is 0 Å². The Morgan fingerprint density at radius 2 is 2.00 bits per heavy atom. The second kappa shape index (κ2) is 3.24. The highest BCUT2D eigenvalue weighted by molar-refractivity contribution is 5.55. The fraction of sp³-hybridized carbons (Fsp3) is 0.500. The van der Waals surface area contributed by atoms with Crippen LogP contribution in [0.2, 0.25) is 0 Å². The molecule has 0 saturated carbocycles. The lowest BCUT2D eigenvalue weighted by molar-refractivity contribution is 1.16. The smallest absolute Gasteiger partial charge is 0.0552 e. The van der Waals surface area contributed by atoms with Crippen LogP contribution in [0, 0.1) is 0 Å². The van der Waals surface area contributed by atoms with Crippen molar-refractivity contribution in [1.82, 2.24) is 0 Å². The molecule has 0 aromatic heterocycles. The summed E-state index contributed by atoms with van der Waals surface area (Å²) in [6.45, 7) is 5.59. The number of nitrogens with two attached hydrogens (primary N) is 1. The van der Waals surface area contributed by atoms with Gasteiger partial charge in [-0.25, -0.2) is 0 Å². The summed E-state index contributed by atoms with van der Waals surface area (Å²) in [5.41, 5.74) is 7.06. The SMILES string of the molecule is C/C=N\C(C)=C(\C)N. The first-order valence-corrected chi connectivity index (χ1v) is 2.60. The highest BCUT2D eigenvalue weighted by atomic mass is 14.8. The van der Waals surface area contributed by atoms with E-state index in [2.05, 4.69) is 4.99 Å². The quantitative estimate of drug-likeness (QED) is 0.510. The summed E-state index contributed by atoms with van der Waals surface area (Å²) in [7, 11) is 0. The molecule has 0 amide bonds. The largest absolute Gasteiger partial charge is 0.401 e. The molecule has 2 heteroatoms. The van der Waals surface area contributed by atoms with E-state index in [9.17, 15) is 0 Å². The highest BCUT2D eigenvalue weighted by Gasteiger charge is 1.82. The van der Waals surface area contributed by atoms with Gasteiger partial charge in [0.25, 0.3) is 0 Å². The van der Waals surface area contributed by atoms with Crippen LogP contribution < -0.4 is 5.73 Å². The standard InChI is InChI=1S/C6H12N2/c1-4-8-6(3)5(2)7/h4H,7H2,1-3H3/b6-5-,8-4-. The van der Waals surface area contributed by atoms with Crippen LogP contribution in [0.25, 0.3) is 0 Å². The van der Waals surface area contributed by atoms with E-state index >= 15 is 0 Å². The van der Waals surface area contributed by atoms with E-state index in [1.165, 1.54) is 0 Å². The van der Waals surface area contributed by atoms with Gasteiger partial charge in [-0.3, -0.25) is 4.99 Å². The van der Waals surface area contributed by atoms with Gasteiger partial charge in [0.1, 0.15) is 0 Å². The minimum Gasteiger partial charge on any atom is -0.401 e. The zero-order valence-electron chi connectivity index (χ0n) is 5.60. The fourth-order valence-electron chi connectivity index (χ4n) is 0.295. The molecule has 0 unspecified atom stereocenters. The van der Waals surface area contributed by atoms with Crippen molar-refractivity contribution in [3.05, 3.63) is 11.4 Å². The van der Waals surface area contributed by atoms with Crippen molar-refractivity contribution < 1.29 is 0 Å². The maximum Gasteiger partial charge on any atom is 0.0552 e. The molecule has 0 radical (unpaired) electrons. The lowest BCUT2D eigenvalue weighted by Crippen LogP contribution is -1.93. The summed E-state index contributed by atoms with van der Waals surface area (Å²) in [6, 6.07) is 0. The van der Waals surface area contributed by atoms with E-state index < -0.39 is 0 Å². The molecule has 46 valence electrons. The Labute approximate surface area is 50.1 Å². The van der Waals surface area contributed by atoms with Crippen LogP contribution in [0.5, 0.6) is 0 Å². The van der Waals surface area contributed by atoms with Crippen LogP contribution in [-0.4, -0.2) is 6.21 Å². The average molecular weight is 112 g/mol. The average Bonchev–Trinajstić information content (AvgIpc) is 1.67. The minimum atomic E-state index is 0.781. The molecule has 2 N–H and O–H groups in total. The summed E-state index contributed by atoms with van der Waals surface area (Å²) in [4.78, 5) is 3.95. The van der Waals surface area contributed by atoms with Crippen LogP contribution in [0.4, 0.5) is 0 Å². The molecule has 0 fully saturated rings. The number of nitrogens with zero attached hydrogens (tertiary/aromatic N) is 1. The molecule has 0 aliphatic carbocycles. The number of allylic oxidation sites excluding steroid dienone is 2. The third kappa shape index (κ3) is 2.39. The maximum atomic E-state index is 5.39. The Morgan fingerprint density at radius 3 is 2.12 bits per heavy atom. The molecule has 0 aromatic rings. The second-order valence-electron chi connectivity index (χ2n) is 1.66. The number of rotatable bonds is 1. The van der Waals surface area contributed by atoms with Crippen molar-refractivity contribution in [2.75, 3.05) is 0 Å². The topological polar surface area (TPSA) is 38.4 Å². The summed E-state index contributed by atoms with van der Waals surface area (Å²) in [5.74, 6) is 0. The molecule has 0 rings (SSSR count). The van der Waals surface area contributed by atoms with Crippen molar-refractivity contribution in [3.63, 3.8) is 0 Å². The molecule has 0 spiro atoms. The molecule has 8 heavy (non-hydrogen) atoms. The molecular formula is C6H12N2. The van der Waals surface area contributed by atoms with Crippen LogP contribution in [0.1, 0.15) is 20.8 Å². The third-order valence-electron chi connectivity index (χ3n) is 0.893. The summed E-state index contributed by atoms with van der Waals surface area (Å²) in [5, 5.41) is 0. The van der Waals surface area contributed by atoms with Crippen LogP contribution in [-0.2, 0) is 0 Å². The van der Waals surface area contributed by atoms with Crippen LogP contribution in [0.3, 0.4) is 0 Å². The number of hydrogen-bond donors (Lipinski definition) is 1. The van der Waals surface area contributed by atoms with Crippen molar-refractivity contribution in [3.8, 4) is 0 Å². The Bertz CT molecular complexity index is 118. The molecule has 0 aliphatic heterocycles. The Hall–Kier alpha value is -0.790. The lowest BCUT2D eigenvalue weighted by Gasteiger charge is -1.91. The molecule has 0 bridgehead atoms. The van der Waals surface area contributed by atoms with Gasteiger partial charge in [-0.2, -0.15) is 0 Å². The van der Waals surface area contributed by atoms with Crippen molar-refractivity contribution >= 4 is 6.21 Å². The first kappa shape index (κ1) is 7.21. The molecule has 0 saturated heterocycles. The highest BCUT2D eigenvalue weighted by Crippen LogP contribution is 1.95. The van der Waals surface area contributed by atoms with Gasteiger partial charge in [0, 0.05) is 11.9 Å². The Morgan fingerprint density at radius 1 is 1.50 bits per heavy atom. The maximum absolute atomic E-state index is 5.39. The van der Waals surface area contributed by atoms with Crippen molar-refractivity contribution in [2.24, 2.45) is 10.7 Å². The predicted molar refractivity (Wildman–Crippen MR) is 36.7 cm³/mol. The van der Waals surface area contributed by atoms with Gasteiger partial charge < -0.3 is 5.73 Å². The van der Waals surface area contributed by atoms with Crippen molar-refractivity contribution in [1.29, 1.82) is 0 Å². The first-order valence-electron chi connectivity index (χ1n) is 2.60. The van der Waals surface area contributed by atoms with Gasteiger partial charge in [0.15, 0.2) is 0 Å². The van der Waals surface area contributed by atoms with Gasteiger partial charge in [-0.1, -0.05) is 0 Å². The van der Waals surface area contributed by atoms with E-state index in [4.69, 9.17) is 5.73 Å². The van der Waals surface area contributed by atoms with E-state index in [1.807, 2.05) is 20.8 Å². The van der Waals surface area contributed by atoms with Crippen LogP contribution >= 0.6 is 0 Å². The van der Waals surface area contributed by atoms with Gasteiger partial charge in [-0.05, 0) is 20.8 Å². The number of aliphatic imine (C=N–C) groups is 1. The molecule has 0 heterocycles. The van der Waals surface area contributed by atoms with E-state index in [1.54, 1.807) is 6.21 Å². The molecule has 0 aliphatic rings. The summed E-state index contributed by atoms with van der Waals surface area (Å²) < 4.78 is 0. The van der Waals surface area contributed by atoms with Gasteiger partial charge in [0.2, 0.25) is 0 Å². The Balaban J connectivity index is 4.00. The van der Waals surface area contributed by atoms with E-state index in [0.717, 1.165) is 11.4 Å². The third-order valence-corrected chi connectivity index (χ3v) is 0.893. The van der Waals surface area contributed by atoms with Gasteiger partial charge in [0.05, 0.1) is 5.70 Å². The van der Waals surface area contributed by atoms with Gasteiger partial charge in [-0.15, -0.1) is 0 Å². The van der Waals surface area contributed by atoms with Crippen molar-refractivity contribution in [2.45, 2.75) is 20.8 Å². The summed E-state index contributed by atoms with van der Waals surface area (Å²) >= 11 is 0. The lowest BCUT2D eigenvalue weighted by atomic mass is 10.4. The number of hydrogen-bond acceptors (Lipinski definition) is 2. The monoisotopic (exact) mass is 112 g/mol. The molecular weight excluding hydrogens is 100 g/mol. The normalized spacial score (nSPS) is 14.4. The zero-order chi connectivity index (χ0) is 6.57. The molecule has 0 atom stereocenters. The fourth-order valence-corrected chi connectivity index (χ4v) is 0.295. The second-order valence-corrected chi connectivity index (χ2v) is 1.66. The minimum absolute atomic E-state index is 0.781. The molecule has 2 nitrogen and oxygen atoms in total. The predicted octanol–water partition coefficient (Wildman–Crippen LogP) is 1.29. The Kier molecular flexibility index (Phi) is 2.92. The first-order chi connectivity index (χ1) is 3.68. The van der Waals surface area contributed by atoms with E-state index in [-0.39, 0.29) is 0 Å². The summed E-state index contributed by atoms with van der Waals surface area (Å²) in [6.07, 6.45) is 1.73. The van der Waals surface area contributed by atoms with Crippen LogP contribution in [0.15, 0.2) is 16.4 Å². The van der Waals surface area contributed by atoms with E-state index in [0.29, 0.717) is 0 Å².